The van der Waals surface area contributed by atoms with Crippen LogP contribution in [0.2, 0.25) is 0 Å². The minimum atomic E-state index is -0.675. The summed E-state index contributed by atoms with van der Waals surface area (Å²) in [4.78, 5) is 12.4. The van der Waals surface area contributed by atoms with Gasteiger partial charge >= 0.3 is 6.09 Å². The highest BCUT2D eigenvalue weighted by Crippen LogP contribution is 2.30. The van der Waals surface area contributed by atoms with Gasteiger partial charge in [-0.3, -0.25) is 0 Å². The minimum Gasteiger partial charge on any atom is -0.444 e. The molecule has 5 nitrogen and oxygen atoms in total. The van der Waals surface area contributed by atoms with Gasteiger partial charge in [0.2, 0.25) is 0 Å². The monoisotopic (exact) mass is 391 g/mol. The van der Waals surface area contributed by atoms with Crippen molar-refractivity contribution in [1.82, 2.24) is 5.32 Å². The number of carbonyl (C=O) groups is 1. The first-order valence-corrected chi connectivity index (χ1v) is 9.07. The van der Waals surface area contributed by atoms with Crippen LogP contribution in [0.1, 0.15) is 44.4 Å². The number of halogens is 1. The van der Waals surface area contributed by atoms with Gasteiger partial charge in [-0.25, -0.2) is 9.18 Å². The van der Waals surface area contributed by atoms with Crippen molar-refractivity contribution in [3.05, 3.63) is 77.1 Å². The van der Waals surface area contributed by atoms with E-state index in [1.807, 2.05) is 42.5 Å². The van der Waals surface area contributed by atoms with Crippen LogP contribution < -0.4 is 5.32 Å². The van der Waals surface area contributed by atoms with Crippen molar-refractivity contribution in [3.63, 3.8) is 0 Å². The molecule has 2 aromatic rings. The number of ether oxygens (including phenoxy) is 1. The average Bonchev–Trinajstić information content (AvgIpc) is 2.67. The number of hydrogen-bond acceptors (Lipinski definition) is 4. The second-order valence-corrected chi connectivity index (χ2v) is 7.40. The van der Waals surface area contributed by atoms with Crippen LogP contribution in [-0.4, -0.2) is 11.7 Å². The summed E-state index contributed by atoms with van der Waals surface area (Å²) in [5.74, 6) is -0.421. The van der Waals surface area contributed by atoms with E-state index < -0.39 is 23.6 Å². The third-order valence-corrected chi connectivity index (χ3v) is 4.02. The fourth-order valence-electron chi connectivity index (χ4n) is 2.77. The summed E-state index contributed by atoms with van der Waals surface area (Å²) in [5, 5.41) is 21.6. The normalized spacial score (nSPS) is 11.5. The average molecular weight is 391 g/mol. The van der Waals surface area contributed by atoms with Crippen LogP contribution in [0, 0.1) is 28.5 Å². The Kier molecular flexibility index (Phi) is 7.11. The van der Waals surface area contributed by atoms with Gasteiger partial charge in [-0.05, 0) is 56.0 Å². The summed E-state index contributed by atoms with van der Waals surface area (Å²) in [7, 11) is 0. The maximum atomic E-state index is 13.4. The SMILES string of the molecule is CC(C)(C)OC(=O)N[C@H](CC(=C(C#N)C#N)c1ccc(F)cc1)c1ccccc1. The van der Waals surface area contributed by atoms with E-state index in [2.05, 4.69) is 5.32 Å². The molecule has 0 heterocycles. The molecule has 0 aliphatic rings. The van der Waals surface area contributed by atoms with Crippen LogP contribution in [0.15, 0.2) is 60.2 Å². The minimum absolute atomic E-state index is 0.0940. The highest BCUT2D eigenvalue weighted by molar-refractivity contribution is 5.76. The summed E-state index contributed by atoms with van der Waals surface area (Å²) >= 11 is 0. The van der Waals surface area contributed by atoms with Crippen molar-refractivity contribution >= 4 is 11.7 Å². The van der Waals surface area contributed by atoms with Crippen LogP contribution in [0.3, 0.4) is 0 Å². The third-order valence-electron chi connectivity index (χ3n) is 4.02. The molecule has 0 fully saturated rings. The summed E-state index contributed by atoms with van der Waals surface area (Å²) in [5.41, 5.74) is 0.971. The van der Waals surface area contributed by atoms with Crippen LogP contribution in [-0.2, 0) is 4.74 Å². The topological polar surface area (TPSA) is 85.9 Å². The lowest BCUT2D eigenvalue weighted by molar-refractivity contribution is 0.0504. The molecule has 1 N–H and O–H groups in total. The van der Waals surface area contributed by atoms with Gasteiger partial charge in [-0.15, -0.1) is 0 Å². The van der Waals surface area contributed by atoms with Gasteiger partial charge in [-0.2, -0.15) is 10.5 Å². The summed E-state index contributed by atoms with van der Waals surface area (Å²) in [6.45, 7) is 5.28. The Hall–Kier alpha value is -3.64. The van der Waals surface area contributed by atoms with Crippen molar-refractivity contribution in [3.8, 4) is 12.1 Å². The zero-order valence-corrected chi connectivity index (χ0v) is 16.6. The molecule has 0 aliphatic heterocycles. The van der Waals surface area contributed by atoms with Crippen molar-refractivity contribution in [2.45, 2.75) is 38.8 Å². The lowest BCUT2D eigenvalue weighted by Crippen LogP contribution is -2.35. The van der Waals surface area contributed by atoms with E-state index in [1.54, 1.807) is 20.8 Å². The van der Waals surface area contributed by atoms with Crippen LogP contribution in [0.4, 0.5) is 9.18 Å². The maximum absolute atomic E-state index is 13.4. The molecule has 0 radical (unpaired) electrons. The lowest BCUT2D eigenvalue weighted by Gasteiger charge is -2.25. The molecular formula is C23H22FN3O2. The zero-order chi connectivity index (χ0) is 21.4. The van der Waals surface area contributed by atoms with Crippen molar-refractivity contribution in [2.75, 3.05) is 0 Å². The van der Waals surface area contributed by atoms with E-state index in [0.29, 0.717) is 11.1 Å². The summed E-state index contributed by atoms with van der Waals surface area (Å²) in [6.07, 6.45) is -0.453. The second kappa shape index (κ2) is 9.52. The predicted octanol–water partition coefficient (Wildman–Crippen LogP) is 5.28. The molecule has 1 amide bonds. The first-order chi connectivity index (χ1) is 13.7. The van der Waals surface area contributed by atoms with Gasteiger partial charge in [0.1, 0.15) is 29.1 Å². The maximum Gasteiger partial charge on any atom is 0.408 e. The van der Waals surface area contributed by atoms with E-state index >= 15 is 0 Å². The number of carbonyl (C=O) groups excluding carboxylic acids is 1. The Bertz CT molecular complexity index is 946. The lowest BCUT2D eigenvalue weighted by atomic mass is 9.91. The Morgan fingerprint density at radius 3 is 2.17 bits per heavy atom. The number of nitrogens with zero attached hydrogens (tertiary/aromatic N) is 2. The van der Waals surface area contributed by atoms with Crippen molar-refractivity contribution < 1.29 is 13.9 Å². The van der Waals surface area contributed by atoms with Gasteiger partial charge in [0.25, 0.3) is 0 Å². The van der Waals surface area contributed by atoms with Crippen molar-refractivity contribution in [2.24, 2.45) is 0 Å². The van der Waals surface area contributed by atoms with Crippen LogP contribution in [0.25, 0.3) is 5.57 Å². The van der Waals surface area contributed by atoms with E-state index in [4.69, 9.17) is 4.74 Å². The largest absolute Gasteiger partial charge is 0.444 e. The van der Waals surface area contributed by atoms with Crippen LogP contribution in [0.5, 0.6) is 0 Å². The first kappa shape index (κ1) is 21.7. The molecule has 6 heteroatoms. The number of allylic oxidation sites excluding steroid dienone is 1. The van der Waals surface area contributed by atoms with Crippen LogP contribution >= 0.6 is 0 Å². The third kappa shape index (κ3) is 6.48. The fourth-order valence-corrected chi connectivity index (χ4v) is 2.77. The molecule has 148 valence electrons. The number of alkyl carbamates (subject to hydrolysis) is 1. The number of rotatable bonds is 5. The number of nitriles is 2. The quantitative estimate of drug-likeness (QED) is 0.702. The van der Waals surface area contributed by atoms with E-state index in [1.165, 1.54) is 24.3 Å². The molecule has 0 spiro atoms. The first-order valence-electron chi connectivity index (χ1n) is 9.07. The Morgan fingerprint density at radius 2 is 1.66 bits per heavy atom. The van der Waals surface area contributed by atoms with Gasteiger partial charge in [0, 0.05) is 0 Å². The molecule has 29 heavy (non-hydrogen) atoms. The second-order valence-electron chi connectivity index (χ2n) is 7.40. The number of amides is 1. The molecule has 2 aromatic carbocycles. The highest BCUT2D eigenvalue weighted by atomic mass is 19.1. The molecule has 0 unspecified atom stereocenters. The predicted molar refractivity (Wildman–Crippen MR) is 108 cm³/mol. The van der Waals surface area contributed by atoms with Gasteiger partial charge in [0.15, 0.2) is 0 Å². The highest BCUT2D eigenvalue weighted by Gasteiger charge is 2.23. The zero-order valence-electron chi connectivity index (χ0n) is 16.6. The van der Waals surface area contributed by atoms with Crippen molar-refractivity contribution in [1.29, 1.82) is 10.5 Å². The molecule has 0 aliphatic carbocycles. The van der Waals surface area contributed by atoms with Gasteiger partial charge in [0.05, 0.1) is 6.04 Å². The fraction of sp³-hybridized carbons (Fsp3) is 0.261. The van der Waals surface area contributed by atoms with Gasteiger partial charge in [-0.1, -0.05) is 42.5 Å². The molecule has 2 rings (SSSR count). The van der Waals surface area contributed by atoms with E-state index in [9.17, 15) is 19.7 Å². The Balaban J connectivity index is 2.44. The number of benzene rings is 2. The summed E-state index contributed by atoms with van der Waals surface area (Å²) < 4.78 is 18.7. The Morgan fingerprint density at radius 1 is 1.07 bits per heavy atom. The molecule has 0 bridgehead atoms. The smallest absolute Gasteiger partial charge is 0.408 e. The molecule has 1 atom stereocenters. The van der Waals surface area contributed by atoms with E-state index in [0.717, 1.165) is 5.56 Å². The standard InChI is InChI=1S/C23H22FN3O2/c1-23(2,3)29-22(28)27-21(17-7-5-4-6-8-17)13-20(18(14-25)15-26)16-9-11-19(24)12-10-16/h4-12,21H,13H2,1-3H3,(H,27,28)/t21-/m1/s1. The van der Waals surface area contributed by atoms with Gasteiger partial charge < -0.3 is 10.1 Å². The molecule has 0 saturated heterocycles. The van der Waals surface area contributed by atoms with E-state index in [-0.39, 0.29) is 12.0 Å². The number of hydrogen-bond donors (Lipinski definition) is 1. The molecular weight excluding hydrogens is 369 g/mol. The molecule has 0 aromatic heterocycles. The Labute approximate surface area is 170 Å². The number of nitrogens with one attached hydrogen (secondary N) is 1. The molecule has 0 saturated carbocycles. The summed E-state index contributed by atoms with van der Waals surface area (Å²) in [6, 6.07) is 18.0.